The molecule has 0 bridgehead atoms. The molecular weight excluding hydrogens is 364 g/mol. The van der Waals surface area contributed by atoms with Crippen LogP contribution < -0.4 is 15.8 Å². The lowest BCUT2D eigenvalue weighted by Gasteiger charge is -2.57. The van der Waals surface area contributed by atoms with Gasteiger partial charge in [-0.3, -0.25) is 4.79 Å². The average Bonchev–Trinajstić information content (AvgIpc) is 2.70. The molecule has 29 heavy (non-hydrogen) atoms. The van der Waals surface area contributed by atoms with Crippen LogP contribution in [0.25, 0.3) is 0 Å². The first-order chi connectivity index (χ1) is 13.7. The number of nitrogens with two attached hydrogens (primary N) is 1. The van der Waals surface area contributed by atoms with E-state index in [1.54, 1.807) is 0 Å². The Bertz CT molecular complexity index is 866. The predicted molar refractivity (Wildman–Crippen MR) is 116 cm³/mol. The minimum absolute atomic E-state index is 0.000373. The van der Waals surface area contributed by atoms with E-state index in [4.69, 9.17) is 15.2 Å². The van der Waals surface area contributed by atoms with Gasteiger partial charge >= 0.3 is 0 Å². The minimum atomic E-state index is -0.948. The quantitative estimate of drug-likeness (QED) is 0.717. The molecule has 1 fully saturated rings. The zero-order chi connectivity index (χ0) is 21.2. The van der Waals surface area contributed by atoms with Crippen molar-refractivity contribution in [1.29, 1.82) is 0 Å². The Morgan fingerprint density at radius 2 is 1.93 bits per heavy atom. The van der Waals surface area contributed by atoms with Crippen LogP contribution in [0.3, 0.4) is 0 Å². The Kier molecular flexibility index (Phi) is 6.01. The molecule has 1 saturated carbocycles. The van der Waals surface area contributed by atoms with Gasteiger partial charge in [-0.15, -0.1) is 0 Å². The van der Waals surface area contributed by atoms with Crippen molar-refractivity contribution in [3.05, 3.63) is 59.7 Å². The number of benzene rings is 2. The van der Waals surface area contributed by atoms with E-state index in [9.17, 15) is 4.79 Å². The van der Waals surface area contributed by atoms with Crippen molar-refractivity contribution in [2.24, 2.45) is 11.1 Å². The van der Waals surface area contributed by atoms with Gasteiger partial charge in [0.25, 0.3) is 0 Å². The van der Waals surface area contributed by atoms with Gasteiger partial charge in [-0.2, -0.15) is 0 Å². The third-order valence-corrected chi connectivity index (χ3v) is 6.26. The largest absolute Gasteiger partial charge is 0.486 e. The first kappa shape index (κ1) is 21.3. The second kappa shape index (κ2) is 8.17. The molecule has 1 amide bonds. The first-order valence-corrected chi connectivity index (χ1v) is 10.2. The van der Waals surface area contributed by atoms with E-state index in [2.05, 4.69) is 5.32 Å². The van der Waals surface area contributed by atoms with E-state index in [0.717, 1.165) is 22.6 Å². The van der Waals surface area contributed by atoms with Crippen LogP contribution in [-0.4, -0.2) is 24.2 Å². The number of hydrogen-bond acceptors (Lipinski definition) is 4. The maximum absolute atomic E-state index is 13.0. The van der Waals surface area contributed by atoms with Crippen LogP contribution in [-0.2, 0) is 9.53 Å². The molecule has 0 aliphatic heterocycles. The second-order valence-corrected chi connectivity index (χ2v) is 8.44. The molecule has 0 heterocycles. The van der Waals surface area contributed by atoms with Gasteiger partial charge in [-0.1, -0.05) is 44.2 Å². The van der Waals surface area contributed by atoms with Crippen LogP contribution in [0.5, 0.6) is 5.75 Å². The van der Waals surface area contributed by atoms with Gasteiger partial charge in [-0.05, 0) is 50.1 Å². The molecule has 0 radical (unpaired) electrons. The Morgan fingerprint density at radius 3 is 2.52 bits per heavy atom. The van der Waals surface area contributed by atoms with Gasteiger partial charge in [0.1, 0.15) is 17.4 Å². The zero-order valence-corrected chi connectivity index (χ0v) is 18.0. The van der Waals surface area contributed by atoms with E-state index in [-0.39, 0.29) is 18.1 Å². The molecule has 3 atom stereocenters. The monoisotopic (exact) mass is 396 g/mol. The molecule has 0 saturated heterocycles. The summed E-state index contributed by atoms with van der Waals surface area (Å²) in [5, 5.41) is 3.01. The van der Waals surface area contributed by atoms with Gasteiger partial charge in [0.15, 0.2) is 0 Å². The van der Waals surface area contributed by atoms with E-state index >= 15 is 0 Å². The molecule has 2 aromatic rings. The highest BCUT2D eigenvalue weighted by atomic mass is 16.5. The number of ether oxygens (including phenoxy) is 2. The van der Waals surface area contributed by atoms with E-state index in [1.807, 2.05) is 83.1 Å². The second-order valence-electron chi connectivity index (χ2n) is 8.44. The van der Waals surface area contributed by atoms with Crippen molar-refractivity contribution in [2.45, 2.75) is 58.8 Å². The summed E-state index contributed by atoms with van der Waals surface area (Å²) < 4.78 is 11.8. The number of amides is 1. The van der Waals surface area contributed by atoms with Crippen molar-refractivity contribution >= 4 is 11.6 Å². The Balaban J connectivity index is 1.67. The number of rotatable bonds is 7. The molecule has 5 nitrogen and oxygen atoms in total. The fourth-order valence-electron chi connectivity index (χ4n) is 3.90. The van der Waals surface area contributed by atoms with E-state index in [1.165, 1.54) is 0 Å². The summed E-state index contributed by atoms with van der Waals surface area (Å²) in [6.07, 6.45) is 0.461. The smallest absolute Gasteiger partial charge is 0.245 e. The molecule has 5 heteroatoms. The van der Waals surface area contributed by atoms with Crippen LogP contribution in [0, 0.1) is 12.3 Å². The Hall–Kier alpha value is -2.37. The molecular formula is C24H32N2O3. The fourth-order valence-corrected chi connectivity index (χ4v) is 3.90. The van der Waals surface area contributed by atoms with Gasteiger partial charge in [0.05, 0.1) is 6.10 Å². The Morgan fingerprint density at radius 1 is 1.24 bits per heavy atom. The molecule has 3 N–H and O–H groups in total. The number of anilines is 1. The number of aryl methyl sites for hydroxylation is 1. The third-order valence-electron chi connectivity index (χ3n) is 6.26. The highest BCUT2D eigenvalue weighted by molar-refractivity contribution is 6.00. The topological polar surface area (TPSA) is 73.6 Å². The summed E-state index contributed by atoms with van der Waals surface area (Å²) >= 11 is 0. The van der Waals surface area contributed by atoms with Crippen LogP contribution in [0.1, 0.15) is 51.3 Å². The summed E-state index contributed by atoms with van der Waals surface area (Å²) in [5.41, 5.74) is 7.91. The SMILES string of the molecule is CCOC1CC(N)(C(=O)Nc2ccc(OC(C)c3ccccc3)cc2C)C1(C)C. The van der Waals surface area contributed by atoms with Crippen LogP contribution >= 0.6 is 0 Å². The lowest BCUT2D eigenvalue weighted by atomic mass is 9.54. The number of hydrogen-bond donors (Lipinski definition) is 2. The fraction of sp³-hybridized carbons (Fsp3) is 0.458. The van der Waals surface area contributed by atoms with Crippen LogP contribution in [0.15, 0.2) is 48.5 Å². The van der Waals surface area contributed by atoms with Crippen LogP contribution in [0.2, 0.25) is 0 Å². The number of carbonyl (C=O) groups is 1. The standard InChI is InChI=1S/C24H32N2O3/c1-6-28-21-15-24(25,23(21,4)5)22(27)26-20-13-12-19(14-16(20)2)29-17(3)18-10-8-7-9-11-18/h7-14,17,21H,6,15,25H2,1-5H3,(H,26,27). The third kappa shape index (κ3) is 4.02. The lowest BCUT2D eigenvalue weighted by molar-refractivity contribution is -0.166. The summed E-state index contributed by atoms with van der Waals surface area (Å²) in [7, 11) is 0. The van der Waals surface area contributed by atoms with Crippen molar-refractivity contribution in [1.82, 2.24) is 0 Å². The minimum Gasteiger partial charge on any atom is -0.486 e. The van der Waals surface area contributed by atoms with Crippen molar-refractivity contribution in [3.63, 3.8) is 0 Å². The number of carbonyl (C=O) groups excluding carboxylic acids is 1. The van der Waals surface area contributed by atoms with Gasteiger partial charge in [0.2, 0.25) is 5.91 Å². The van der Waals surface area contributed by atoms with Gasteiger partial charge in [0, 0.05) is 24.1 Å². The average molecular weight is 397 g/mol. The maximum Gasteiger partial charge on any atom is 0.245 e. The van der Waals surface area contributed by atoms with Crippen molar-refractivity contribution in [2.75, 3.05) is 11.9 Å². The Labute approximate surface area is 173 Å². The van der Waals surface area contributed by atoms with Gasteiger partial charge in [-0.25, -0.2) is 0 Å². The predicted octanol–water partition coefficient (Wildman–Crippen LogP) is 4.61. The molecule has 1 aliphatic carbocycles. The molecule has 3 rings (SSSR count). The summed E-state index contributed by atoms with van der Waals surface area (Å²) in [6.45, 7) is 10.5. The zero-order valence-electron chi connectivity index (χ0n) is 18.0. The van der Waals surface area contributed by atoms with Gasteiger partial charge < -0.3 is 20.5 Å². The highest BCUT2D eigenvalue weighted by Gasteiger charge is 2.62. The lowest BCUT2D eigenvalue weighted by Crippen LogP contribution is -2.74. The van der Waals surface area contributed by atoms with E-state index in [0.29, 0.717) is 13.0 Å². The summed E-state index contributed by atoms with van der Waals surface area (Å²) in [4.78, 5) is 13.0. The summed E-state index contributed by atoms with van der Waals surface area (Å²) in [6, 6.07) is 15.8. The molecule has 2 aromatic carbocycles. The molecule has 0 spiro atoms. The maximum atomic E-state index is 13.0. The molecule has 156 valence electrons. The summed E-state index contributed by atoms with van der Waals surface area (Å²) in [5.74, 6) is 0.590. The van der Waals surface area contributed by atoms with Crippen molar-refractivity contribution in [3.8, 4) is 5.75 Å². The molecule has 1 aliphatic rings. The van der Waals surface area contributed by atoms with Crippen LogP contribution in [0.4, 0.5) is 5.69 Å². The highest BCUT2D eigenvalue weighted by Crippen LogP contribution is 2.50. The number of nitrogens with one attached hydrogen (secondary N) is 1. The van der Waals surface area contributed by atoms with Crippen molar-refractivity contribution < 1.29 is 14.3 Å². The first-order valence-electron chi connectivity index (χ1n) is 10.2. The normalized spacial score (nSPS) is 23.7. The van der Waals surface area contributed by atoms with E-state index < -0.39 is 11.0 Å². The molecule has 3 unspecified atom stereocenters. The molecule has 0 aromatic heterocycles.